The fourth-order valence-corrected chi connectivity index (χ4v) is 5.00. The maximum atomic E-state index is 14.6. The standard InChI is InChI=1S/C21H34F2NO3P/c1-2-3-4-7-16-9-11-17(12-10-16)19-14-13-18(20(22)21(19)23)8-5-6-15-28(26,27)24-25/h13-14,16-17,25H,2-12,15H2,1H3,(H2,24,26,27). The lowest BCUT2D eigenvalue weighted by Crippen LogP contribution is -2.15. The van der Waals surface area contributed by atoms with Gasteiger partial charge in [0.1, 0.15) is 0 Å². The van der Waals surface area contributed by atoms with Crippen molar-refractivity contribution >= 4 is 7.52 Å². The SMILES string of the molecule is CCCCCC1CCC(c2ccc(CCCCP(=O)(O)NO)c(F)c2F)CC1. The van der Waals surface area contributed by atoms with E-state index in [1.165, 1.54) is 30.9 Å². The van der Waals surface area contributed by atoms with E-state index < -0.39 is 19.2 Å². The zero-order chi connectivity index (χ0) is 20.6. The Morgan fingerprint density at radius 1 is 1.07 bits per heavy atom. The maximum Gasteiger partial charge on any atom is 0.289 e. The second-order valence-corrected chi connectivity index (χ2v) is 10.2. The molecule has 1 aliphatic carbocycles. The highest BCUT2D eigenvalue weighted by atomic mass is 31.2. The van der Waals surface area contributed by atoms with Crippen LogP contribution in [0.25, 0.3) is 0 Å². The van der Waals surface area contributed by atoms with Gasteiger partial charge in [-0.15, -0.1) is 5.25 Å². The molecule has 0 heterocycles. The summed E-state index contributed by atoms with van der Waals surface area (Å²) >= 11 is 0. The molecule has 4 nitrogen and oxygen atoms in total. The highest BCUT2D eigenvalue weighted by Crippen LogP contribution is 2.39. The Morgan fingerprint density at radius 2 is 1.79 bits per heavy atom. The molecule has 1 atom stereocenters. The zero-order valence-electron chi connectivity index (χ0n) is 16.8. The molecule has 3 N–H and O–H groups in total. The number of unbranched alkanes of at least 4 members (excludes halogenated alkanes) is 3. The van der Waals surface area contributed by atoms with Crippen molar-refractivity contribution in [1.82, 2.24) is 5.25 Å². The third-order valence-corrected chi connectivity index (χ3v) is 7.24. The molecular formula is C21H34F2NO3P. The molecule has 28 heavy (non-hydrogen) atoms. The van der Waals surface area contributed by atoms with Gasteiger partial charge in [-0.3, -0.25) is 4.57 Å². The molecule has 1 aromatic carbocycles. The van der Waals surface area contributed by atoms with Gasteiger partial charge in [-0.25, -0.2) is 8.78 Å². The van der Waals surface area contributed by atoms with Crippen molar-refractivity contribution < 1.29 is 23.4 Å². The van der Waals surface area contributed by atoms with Gasteiger partial charge in [-0.2, -0.15) is 0 Å². The summed E-state index contributed by atoms with van der Waals surface area (Å²) in [5.41, 5.74) is 0.803. The number of halogens is 2. The second-order valence-electron chi connectivity index (χ2n) is 8.14. The van der Waals surface area contributed by atoms with Crippen molar-refractivity contribution in [3.8, 4) is 0 Å². The third kappa shape index (κ3) is 6.91. The summed E-state index contributed by atoms with van der Waals surface area (Å²) < 4.78 is 40.4. The molecule has 0 spiro atoms. The van der Waals surface area contributed by atoms with Crippen LogP contribution < -0.4 is 5.25 Å². The number of hydrogen-bond donors (Lipinski definition) is 3. The lowest BCUT2D eigenvalue weighted by atomic mass is 9.76. The largest absolute Gasteiger partial charge is 0.332 e. The van der Waals surface area contributed by atoms with E-state index in [4.69, 9.17) is 5.21 Å². The summed E-state index contributed by atoms with van der Waals surface area (Å²) in [5, 5.41) is 9.94. The Morgan fingerprint density at radius 3 is 2.43 bits per heavy atom. The molecule has 1 fully saturated rings. The summed E-state index contributed by atoms with van der Waals surface area (Å²) in [7, 11) is -3.72. The summed E-state index contributed by atoms with van der Waals surface area (Å²) in [5.74, 6) is -0.681. The lowest BCUT2D eigenvalue weighted by Gasteiger charge is -2.29. The first-order valence-corrected chi connectivity index (χ1v) is 12.4. The predicted molar refractivity (Wildman–Crippen MR) is 108 cm³/mol. The Labute approximate surface area is 167 Å². The fraction of sp³-hybridized carbons (Fsp3) is 0.714. The van der Waals surface area contributed by atoms with Gasteiger partial charge in [-0.1, -0.05) is 44.7 Å². The average Bonchev–Trinajstić information content (AvgIpc) is 2.69. The van der Waals surface area contributed by atoms with Gasteiger partial charge in [-0.05, 0) is 67.9 Å². The number of rotatable bonds is 11. The van der Waals surface area contributed by atoms with E-state index in [2.05, 4.69) is 6.92 Å². The van der Waals surface area contributed by atoms with Crippen LogP contribution in [-0.4, -0.2) is 16.3 Å². The van der Waals surface area contributed by atoms with E-state index in [1.54, 1.807) is 12.1 Å². The molecule has 0 aromatic heterocycles. The second kappa shape index (κ2) is 11.4. The maximum absolute atomic E-state index is 14.6. The summed E-state index contributed by atoms with van der Waals surface area (Å²) in [6, 6.07) is 3.38. The summed E-state index contributed by atoms with van der Waals surface area (Å²) in [4.78, 5) is 9.24. The Hall–Kier alpha value is -0.810. The Balaban J connectivity index is 1.87. The molecule has 160 valence electrons. The Bertz CT molecular complexity index is 663. The van der Waals surface area contributed by atoms with Crippen LogP contribution >= 0.6 is 7.52 Å². The fourth-order valence-electron chi connectivity index (χ4n) is 4.25. The van der Waals surface area contributed by atoms with Crippen LogP contribution in [0.4, 0.5) is 8.78 Å². The van der Waals surface area contributed by atoms with E-state index in [9.17, 15) is 18.2 Å². The van der Waals surface area contributed by atoms with Crippen molar-refractivity contribution in [2.75, 3.05) is 6.16 Å². The highest BCUT2D eigenvalue weighted by molar-refractivity contribution is 7.55. The molecule has 1 saturated carbocycles. The van der Waals surface area contributed by atoms with Gasteiger partial charge in [0, 0.05) is 6.16 Å². The van der Waals surface area contributed by atoms with Crippen LogP contribution in [0.2, 0.25) is 0 Å². The molecule has 1 aromatic rings. The van der Waals surface area contributed by atoms with Crippen LogP contribution in [0.5, 0.6) is 0 Å². The van der Waals surface area contributed by atoms with Crippen molar-refractivity contribution in [3.05, 3.63) is 34.9 Å². The molecule has 0 bridgehead atoms. The van der Waals surface area contributed by atoms with Crippen molar-refractivity contribution in [1.29, 1.82) is 0 Å². The summed E-state index contributed by atoms with van der Waals surface area (Å²) in [6.07, 6.45) is 10.0. The van der Waals surface area contributed by atoms with Crippen molar-refractivity contribution in [2.24, 2.45) is 5.92 Å². The lowest BCUT2D eigenvalue weighted by molar-refractivity contribution is 0.222. The van der Waals surface area contributed by atoms with Gasteiger partial charge in [0.05, 0.1) is 0 Å². The van der Waals surface area contributed by atoms with E-state index in [-0.39, 0.29) is 12.1 Å². The van der Waals surface area contributed by atoms with Gasteiger partial charge < -0.3 is 10.1 Å². The molecule has 1 unspecified atom stereocenters. The molecule has 0 radical (unpaired) electrons. The number of benzene rings is 1. The monoisotopic (exact) mass is 417 g/mol. The Kier molecular flexibility index (Phi) is 9.55. The van der Waals surface area contributed by atoms with Gasteiger partial charge in [0.15, 0.2) is 11.6 Å². The van der Waals surface area contributed by atoms with Gasteiger partial charge >= 0.3 is 0 Å². The van der Waals surface area contributed by atoms with Crippen molar-refractivity contribution in [3.63, 3.8) is 0 Å². The first-order valence-electron chi connectivity index (χ1n) is 10.6. The normalized spacial score (nSPS) is 22.2. The topological polar surface area (TPSA) is 69.6 Å². The molecule has 0 aliphatic heterocycles. The molecule has 0 saturated heterocycles. The molecule has 2 rings (SSSR count). The molecular weight excluding hydrogens is 383 g/mol. The zero-order valence-corrected chi connectivity index (χ0v) is 17.7. The quantitative estimate of drug-likeness (QED) is 0.224. The average molecular weight is 417 g/mol. The third-order valence-electron chi connectivity index (χ3n) is 6.01. The smallest absolute Gasteiger partial charge is 0.289 e. The van der Waals surface area contributed by atoms with Crippen LogP contribution in [0.3, 0.4) is 0 Å². The van der Waals surface area contributed by atoms with E-state index >= 15 is 0 Å². The van der Waals surface area contributed by atoms with Gasteiger partial charge in [0.2, 0.25) is 0 Å². The minimum Gasteiger partial charge on any atom is -0.332 e. The minimum atomic E-state index is -3.72. The number of hydrogen-bond acceptors (Lipinski definition) is 2. The molecule has 1 aliphatic rings. The van der Waals surface area contributed by atoms with E-state index in [1.807, 2.05) is 0 Å². The van der Waals surface area contributed by atoms with Crippen LogP contribution in [-0.2, 0) is 11.0 Å². The minimum absolute atomic E-state index is 0.0990. The number of nitrogens with one attached hydrogen (secondary N) is 1. The van der Waals surface area contributed by atoms with E-state index in [0.29, 0.717) is 30.4 Å². The first kappa shape index (κ1) is 23.5. The number of aryl methyl sites for hydroxylation is 1. The predicted octanol–water partition coefficient (Wildman–Crippen LogP) is 6.31. The van der Waals surface area contributed by atoms with Crippen LogP contribution in [0.15, 0.2) is 12.1 Å². The highest BCUT2D eigenvalue weighted by Gasteiger charge is 2.26. The van der Waals surface area contributed by atoms with E-state index in [0.717, 1.165) is 31.6 Å². The summed E-state index contributed by atoms with van der Waals surface area (Å²) in [6.45, 7) is 2.20. The van der Waals surface area contributed by atoms with Crippen LogP contribution in [0.1, 0.15) is 88.2 Å². The molecule has 0 amide bonds. The van der Waals surface area contributed by atoms with Crippen molar-refractivity contribution in [2.45, 2.75) is 83.5 Å². The first-order chi connectivity index (χ1) is 13.4. The van der Waals surface area contributed by atoms with Crippen LogP contribution in [0, 0.1) is 17.6 Å². The molecule has 7 heteroatoms. The van der Waals surface area contributed by atoms with Gasteiger partial charge in [0.25, 0.3) is 7.52 Å².